The lowest BCUT2D eigenvalue weighted by atomic mass is 9.73. The second kappa shape index (κ2) is 7.26. The van der Waals surface area contributed by atoms with Crippen LogP contribution in [0.2, 0.25) is 0 Å². The quantitative estimate of drug-likeness (QED) is 0.783. The number of rotatable bonds is 8. The lowest BCUT2D eigenvalue weighted by molar-refractivity contribution is 0.117. The molecule has 21 heavy (non-hydrogen) atoms. The van der Waals surface area contributed by atoms with E-state index >= 15 is 0 Å². The number of nitrogens with one attached hydrogen (secondary N) is 1. The molecule has 2 fully saturated rings. The van der Waals surface area contributed by atoms with Crippen LogP contribution >= 0.6 is 11.3 Å². The fourth-order valence-electron chi connectivity index (χ4n) is 3.75. The maximum Gasteiger partial charge on any atom is 0.00684 e. The van der Waals surface area contributed by atoms with E-state index < -0.39 is 0 Å². The predicted molar refractivity (Wildman–Crippen MR) is 92.1 cm³/mol. The Bertz CT molecular complexity index is 405. The van der Waals surface area contributed by atoms with Crippen molar-refractivity contribution in [3.8, 4) is 0 Å². The summed E-state index contributed by atoms with van der Waals surface area (Å²) in [6.45, 7) is 3.73. The van der Waals surface area contributed by atoms with Gasteiger partial charge in [0.15, 0.2) is 0 Å². The van der Waals surface area contributed by atoms with Crippen LogP contribution in [0, 0.1) is 5.41 Å². The summed E-state index contributed by atoms with van der Waals surface area (Å²) in [5.74, 6) is 0. The molecule has 2 aliphatic rings. The van der Waals surface area contributed by atoms with Gasteiger partial charge in [-0.25, -0.2) is 0 Å². The van der Waals surface area contributed by atoms with Gasteiger partial charge in [0.05, 0.1) is 0 Å². The van der Waals surface area contributed by atoms with E-state index in [9.17, 15) is 0 Å². The molecule has 1 aromatic heterocycles. The molecule has 0 unspecified atom stereocenters. The molecule has 2 saturated carbocycles. The number of nitrogens with zero attached hydrogens (tertiary/aromatic N) is 1. The summed E-state index contributed by atoms with van der Waals surface area (Å²) in [7, 11) is 2.32. The van der Waals surface area contributed by atoms with E-state index in [0.29, 0.717) is 5.41 Å². The highest BCUT2D eigenvalue weighted by Gasteiger charge is 2.34. The zero-order valence-electron chi connectivity index (χ0n) is 13.4. The van der Waals surface area contributed by atoms with E-state index in [4.69, 9.17) is 0 Å². The average Bonchev–Trinajstić information content (AvgIpc) is 3.18. The number of thiophene rings is 1. The molecule has 0 amide bonds. The third kappa shape index (κ3) is 4.80. The third-order valence-corrected chi connectivity index (χ3v) is 6.12. The van der Waals surface area contributed by atoms with Crippen LogP contribution in [0.3, 0.4) is 0 Å². The van der Waals surface area contributed by atoms with Crippen LogP contribution in [0.1, 0.15) is 49.8 Å². The SMILES string of the molecule is CN(CCc1cccs1)CC1(CNC2CC2)CCCCC1. The Morgan fingerprint density at radius 2 is 2.10 bits per heavy atom. The largest absolute Gasteiger partial charge is 0.313 e. The van der Waals surface area contributed by atoms with Crippen molar-refractivity contribution in [1.29, 1.82) is 0 Å². The van der Waals surface area contributed by atoms with E-state index in [-0.39, 0.29) is 0 Å². The van der Waals surface area contributed by atoms with Gasteiger partial charge in [0.25, 0.3) is 0 Å². The van der Waals surface area contributed by atoms with Crippen molar-refractivity contribution in [3.63, 3.8) is 0 Å². The number of hydrogen-bond acceptors (Lipinski definition) is 3. The zero-order chi connectivity index (χ0) is 14.5. The van der Waals surface area contributed by atoms with Gasteiger partial charge in [-0.3, -0.25) is 0 Å². The molecule has 0 bridgehead atoms. The van der Waals surface area contributed by atoms with Gasteiger partial charge in [-0.2, -0.15) is 0 Å². The van der Waals surface area contributed by atoms with E-state index in [0.717, 1.165) is 6.04 Å². The highest BCUT2D eigenvalue weighted by atomic mass is 32.1. The van der Waals surface area contributed by atoms with Crippen LogP contribution in [-0.2, 0) is 6.42 Å². The van der Waals surface area contributed by atoms with Crippen molar-refractivity contribution in [2.75, 3.05) is 26.7 Å². The minimum absolute atomic E-state index is 0.547. The molecule has 0 spiro atoms. The van der Waals surface area contributed by atoms with Crippen LogP contribution in [-0.4, -0.2) is 37.6 Å². The molecule has 3 heteroatoms. The molecule has 0 saturated heterocycles. The van der Waals surface area contributed by atoms with E-state index in [1.54, 1.807) is 0 Å². The molecular weight excluding hydrogens is 276 g/mol. The van der Waals surface area contributed by atoms with E-state index in [1.165, 1.54) is 75.9 Å². The molecule has 0 aliphatic heterocycles. The van der Waals surface area contributed by atoms with Gasteiger partial charge in [-0.15, -0.1) is 11.3 Å². The molecule has 0 atom stereocenters. The van der Waals surface area contributed by atoms with Crippen molar-refractivity contribution in [1.82, 2.24) is 10.2 Å². The average molecular weight is 307 g/mol. The highest BCUT2D eigenvalue weighted by molar-refractivity contribution is 7.09. The zero-order valence-corrected chi connectivity index (χ0v) is 14.3. The first-order chi connectivity index (χ1) is 10.3. The molecule has 2 nitrogen and oxygen atoms in total. The summed E-state index contributed by atoms with van der Waals surface area (Å²) in [4.78, 5) is 4.11. The van der Waals surface area contributed by atoms with Crippen LogP contribution in [0.5, 0.6) is 0 Å². The van der Waals surface area contributed by atoms with Crippen molar-refractivity contribution in [3.05, 3.63) is 22.4 Å². The van der Waals surface area contributed by atoms with Gasteiger partial charge < -0.3 is 10.2 Å². The first-order valence-corrected chi connectivity index (χ1v) is 9.58. The van der Waals surface area contributed by atoms with Crippen molar-refractivity contribution in [2.24, 2.45) is 5.41 Å². The molecular formula is C18H30N2S. The smallest absolute Gasteiger partial charge is 0.00684 e. The first kappa shape index (κ1) is 15.5. The Morgan fingerprint density at radius 3 is 2.76 bits per heavy atom. The van der Waals surface area contributed by atoms with Crippen LogP contribution in [0.15, 0.2) is 17.5 Å². The molecule has 1 heterocycles. The molecule has 1 aromatic rings. The number of hydrogen-bond donors (Lipinski definition) is 1. The lowest BCUT2D eigenvalue weighted by Crippen LogP contribution is -2.45. The van der Waals surface area contributed by atoms with Gasteiger partial charge in [0, 0.05) is 30.6 Å². The fraction of sp³-hybridized carbons (Fsp3) is 0.778. The van der Waals surface area contributed by atoms with Crippen LogP contribution < -0.4 is 5.32 Å². The van der Waals surface area contributed by atoms with Gasteiger partial charge >= 0.3 is 0 Å². The topological polar surface area (TPSA) is 15.3 Å². The second-order valence-corrected chi connectivity index (χ2v) is 8.32. The van der Waals surface area contributed by atoms with Gasteiger partial charge in [-0.1, -0.05) is 25.3 Å². The Balaban J connectivity index is 1.49. The van der Waals surface area contributed by atoms with Gasteiger partial charge in [-0.05, 0) is 56.0 Å². The molecule has 1 N–H and O–H groups in total. The second-order valence-electron chi connectivity index (χ2n) is 7.28. The minimum atomic E-state index is 0.547. The summed E-state index contributed by atoms with van der Waals surface area (Å²) in [5, 5.41) is 6.01. The molecule has 0 aromatic carbocycles. The third-order valence-electron chi connectivity index (χ3n) is 5.18. The molecule has 118 valence electrons. The predicted octanol–water partition coefficient (Wildman–Crippen LogP) is 3.92. The Kier molecular flexibility index (Phi) is 5.36. The van der Waals surface area contributed by atoms with Gasteiger partial charge in [0.2, 0.25) is 0 Å². The van der Waals surface area contributed by atoms with Crippen LogP contribution in [0.25, 0.3) is 0 Å². The number of likely N-dealkylation sites (N-methyl/N-ethyl adjacent to an activating group) is 1. The van der Waals surface area contributed by atoms with Crippen molar-refractivity contribution in [2.45, 2.75) is 57.4 Å². The van der Waals surface area contributed by atoms with Crippen LogP contribution in [0.4, 0.5) is 0 Å². The van der Waals surface area contributed by atoms with E-state index in [2.05, 4.69) is 34.8 Å². The Labute approximate surface area is 133 Å². The van der Waals surface area contributed by atoms with E-state index in [1.807, 2.05) is 11.3 Å². The normalized spacial score (nSPS) is 21.8. The molecule has 2 aliphatic carbocycles. The van der Waals surface area contributed by atoms with Crippen molar-refractivity contribution < 1.29 is 0 Å². The summed E-state index contributed by atoms with van der Waals surface area (Å²) in [5.41, 5.74) is 0.547. The summed E-state index contributed by atoms with van der Waals surface area (Å²) < 4.78 is 0. The summed E-state index contributed by atoms with van der Waals surface area (Å²) >= 11 is 1.89. The Hall–Kier alpha value is -0.380. The monoisotopic (exact) mass is 306 g/mol. The lowest BCUT2D eigenvalue weighted by Gasteiger charge is -2.40. The first-order valence-electron chi connectivity index (χ1n) is 8.70. The maximum atomic E-state index is 3.82. The molecule has 0 radical (unpaired) electrons. The van der Waals surface area contributed by atoms with Crippen molar-refractivity contribution >= 4 is 11.3 Å². The standard InChI is InChI=1S/C18H30N2S/c1-20(12-9-17-6-5-13-21-17)15-18(10-3-2-4-11-18)14-19-16-7-8-16/h5-6,13,16,19H,2-4,7-12,14-15H2,1H3. The Morgan fingerprint density at radius 1 is 1.29 bits per heavy atom. The highest BCUT2D eigenvalue weighted by Crippen LogP contribution is 2.37. The molecule has 3 rings (SSSR count). The summed E-state index contributed by atoms with van der Waals surface area (Å²) in [6, 6.07) is 5.28. The maximum absolute atomic E-state index is 3.82. The summed E-state index contributed by atoms with van der Waals surface area (Å²) in [6.07, 6.45) is 11.2. The fourth-order valence-corrected chi connectivity index (χ4v) is 4.45. The van der Waals surface area contributed by atoms with Gasteiger partial charge in [0.1, 0.15) is 0 Å². The minimum Gasteiger partial charge on any atom is -0.313 e.